The second-order valence-corrected chi connectivity index (χ2v) is 6.23. The molecule has 2 aliphatic rings. The van der Waals surface area contributed by atoms with Gasteiger partial charge in [-0.3, -0.25) is 14.5 Å². The molecule has 3 atom stereocenters. The number of carbonyl (C=O) groups is 2. The summed E-state index contributed by atoms with van der Waals surface area (Å²) in [4.78, 5) is 25.9. The second kappa shape index (κ2) is 6.02. The fourth-order valence-electron chi connectivity index (χ4n) is 2.46. The predicted molar refractivity (Wildman–Crippen MR) is 83.5 cm³/mol. The highest BCUT2D eigenvalue weighted by atomic mass is 32.2. The average molecular weight is 319 g/mol. The average Bonchev–Trinajstić information content (AvgIpc) is 2.58. The lowest BCUT2D eigenvalue weighted by atomic mass is 10.0. The normalized spacial score (nSPS) is 24.7. The molecule has 2 heterocycles. The van der Waals surface area contributed by atoms with Gasteiger partial charge in [-0.1, -0.05) is 30.3 Å². The fraction of sp³-hybridized carbons (Fsp3) is 0.333. The van der Waals surface area contributed by atoms with Crippen molar-refractivity contribution in [2.24, 2.45) is 5.73 Å². The van der Waals surface area contributed by atoms with Crippen molar-refractivity contribution in [1.82, 2.24) is 10.2 Å². The summed E-state index contributed by atoms with van der Waals surface area (Å²) in [6.45, 7) is 0. The Bertz CT molecular complexity index is 620. The number of hydrogen-bond acceptors (Lipinski definition) is 5. The van der Waals surface area contributed by atoms with Crippen molar-refractivity contribution < 1.29 is 14.3 Å². The monoisotopic (exact) mass is 319 g/mol. The number of ether oxygens (including phenoxy) is 1. The number of amides is 2. The van der Waals surface area contributed by atoms with E-state index < -0.39 is 12.1 Å². The van der Waals surface area contributed by atoms with Gasteiger partial charge in [0.15, 0.2) is 0 Å². The fourth-order valence-corrected chi connectivity index (χ4v) is 3.69. The molecule has 2 aliphatic heterocycles. The SMILES string of the molecule is COC1=CN2C(=O)[C@@H](NC(=O)[C@H](N)c3ccccc3)C2SC1. The van der Waals surface area contributed by atoms with Crippen molar-refractivity contribution in [2.45, 2.75) is 17.5 Å². The molecule has 0 spiro atoms. The Kier molecular flexibility index (Phi) is 4.08. The zero-order valence-electron chi connectivity index (χ0n) is 12.1. The topological polar surface area (TPSA) is 84.7 Å². The van der Waals surface area contributed by atoms with Crippen LogP contribution in [0.2, 0.25) is 0 Å². The summed E-state index contributed by atoms with van der Waals surface area (Å²) in [5, 5.41) is 2.67. The number of nitrogens with two attached hydrogens (primary N) is 1. The molecule has 2 amide bonds. The molecule has 3 rings (SSSR count). The van der Waals surface area contributed by atoms with E-state index in [-0.39, 0.29) is 17.2 Å². The molecule has 0 radical (unpaired) electrons. The third kappa shape index (κ3) is 2.57. The van der Waals surface area contributed by atoms with Crippen LogP contribution in [0.25, 0.3) is 0 Å². The molecule has 3 N–H and O–H groups in total. The molecule has 1 saturated heterocycles. The van der Waals surface area contributed by atoms with Crippen LogP contribution in [0.15, 0.2) is 42.3 Å². The van der Waals surface area contributed by atoms with E-state index >= 15 is 0 Å². The maximum absolute atomic E-state index is 12.2. The summed E-state index contributed by atoms with van der Waals surface area (Å²) in [6.07, 6.45) is 1.70. The van der Waals surface area contributed by atoms with Gasteiger partial charge >= 0.3 is 0 Å². The predicted octanol–water partition coefficient (Wildman–Crippen LogP) is 0.574. The van der Waals surface area contributed by atoms with Crippen molar-refractivity contribution >= 4 is 23.6 Å². The third-order valence-electron chi connectivity index (χ3n) is 3.76. The Hall–Kier alpha value is -1.99. The molecule has 0 aliphatic carbocycles. The second-order valence-electron chi connectivity index (χ2n) is 5.12. The highest BCUT2D eigenvalue weighted by Crippen LogP contribution is 2.36. The largest absolute Gasteiger partial charge is 0.499 e. The Morgan fingerprint density at radius 2 is 2.18 bits per heavy atom. The Morgan fingerprint density at radius 1 is 1.45 bits per heavy atom. The lowest BCUT2D eigenvalue weighted by molar-refractivity contribution is -0.145. The van der Waals surface area contributed by atoms with Crippen LogP contribution < -0.4 is 11.1 Å². The summed E-state index contributed by atoms with van der Waals surface area (Å²) < 4.78 is 5.14. The molecule has 6 nitrogen and oxygen atoms in total. The first kappa shape index (κ1) is 14.9. The van der Waals surface area contributed by atoms with Gasteiger partial charge in [0.05, 0.1) is 12.9 Å². The van der Waals surface area contributed by atoms with E-state index in [4.69, 9.17) is 10.5 Å². The maximum Gasteiger partial charge on any atom is 0.253 e. The van der Waals surface area contributed by atoms with Crippen LogP contribution in [0.1, 0.15) is 11.6 Å². The Balaban J connectivity index is 1.64. The van der Waals surface area contributed by atoms with Crippen LogP contribution in [-0.2, 0) is 14.3 Å². The van der Waals surface area contributed by atoms with Crippen molar-refractivity contribution in [1.29, 1.82) is 0 Å². The highest BCUT2D eigenvalue weighted by molar-refractivity contribution is 8.00. The third-order valence-corrected chi connectivity index (χ3v) is 5.05. The number of rotatable bonds is 4. The number of nitrogens with zero attached hydrogens (tertiary/aromatic N) is 1. The van der Waals surface area contributed by atoms with Crippen LogP contribution in [0, 0.1) is 0 Å². The van der Waals surface area contributed by atoms with Gasteiger partial charge in [-0.2, -0.15) is 0 Å². The number of thioether (sulfide) groups is 1. The van der Waals surface area contributed by atoms with E-state index in [1.165, 1.54) is 0 Å². The summed E-state index contributed by atoms with van der Waals surface area (Å²) in [5.41, 5.74) is 6.67. The number of fused-ring (bicyclic) bond motifs is 1. The van der Waals surface area contributed by atoms with Gasteiger partial charge in [0.25, 0.3) is 5.91 Å². The van der Waals surface area contributed by atoms with Crippen LogP contribution in [0.5, 0.6) is 0 Å². The summed E-state index contributed by atoms with van der Waals surface area (Å²) >= 11 is 1.56. The molecule has 1 aromatic carbocycles. The van der Waals surface area contributed by atoms with Gasteiger partial charge in [-0.25, -0.2) is 0 Å². The molecule has 7 heteroatoms. The quantitative estimate of drug-likeness (QED) is 0.793. The lowest BCUT2D eigenvalue weighted by Crippen LogP contribution is -2.69. The van der Waals surface area contributed by atoms with Gasteiger partial charge in [0.1, 0.15) is 23.2 Å². The first-order valence-electron chi connectivity index (χ1n) is 6.91. The molecule has 1 aromatic rings. The van der Waals surface area contributed by atoms with Crippen LogP contribution in [-0.4, -0.2) is 41.0 Å². The van der Waals surface area contributed by atoms with E-state index in [1.807, 2.05) is 18.2 Å². The first-order valence-corrected chi connectivity index (χ1v) is 7.96. The maximum atomic E-state index is 12.2. The summed E-state index contributed by atoms with van der Waals surface area (Å²) in [7, 11) is 1.58. The summed E-state index contributed by atoms with van der Waals surface area (Å²) in [5.74, 6) is 0.953. The number of methoxy groups -OCH3 is 1. The molecule has 116 valence electrons. The number of carbonyl (C=O) groups excluding carboxylic acids is 2. The van der Waals surface area contributed by atoms with Crippen LogP contribution in [0.3, 0.4) is 0 Å². The number of nitrogens with one attached hydrogen (secondary N) is 1. The molecule has 22 heavy (non-hydrogen) atoms. The zero-order valence-corrected chi connectivity index (χ0v) is 12.9. The standard InChI is InChI=1S/C15H17N3O3S/c1-21-10-7-18-14(20)12(15(18)22-8-10)17-13(19)11(16)9-5-3-2-4-6-9/h2-7,11-12,15H,8,16H2,1H3,(H,17,19)/t11-,12-,15?/m1/s1. The molecule has 0 saturated carbocycles. The first-order chi connectivity index (χ1) is 10.6. The number of hydrogen-bond donors (Lipinski definition) is 2. The minimum absolute atomic E-state index is 0.0849. The number of benzene rings is 1. The Labute approximate surface area is 132 Å². The van der Waals surface area contributed by atoms with Gasteiger partial charge in [0, 0.05) is 6.20 Å². The van der Waals surface area contributed by atoms with Crippen molar-refractivity contribution in [2.75, 3.05) is 12.9 Å². The molecule has 0 bridgehead atoms. The molecule has 0 aromatic heterocycles. The highest BCUT2D eigenvalue weighted by Gasteiger charge is 2.50. The van der Waals surface area contributed by atoms with E-state index in [2.05, 4.69) is 5.32 Å². The number of β-lactam (4-membered cyclic amide) rings is 1. The minimum Gasteiger partial charge on any atom is -0.499 e. The van der Waals surface area contributed by atoms with Crippen molar-refractivity contribution in [3.63, 3.8) is 0 Å². The molecule has 1 unspecified atom stereocenters. The van der Waals surface area contributed by atoms with Crippen LogP contribution in [0.4, 0.5) is 0 Å². The van der Waals surface area contributed by atoms with E-state index in [1.54, 1.807) is 42.1 Å². The van der Waals surface area contributed by atoms with E-state index in [9.17, 15) is 9.59 Å². The van der Waals surface area contributed by atoms with Gasteiger partial charge in [0.2, 0.25) is 5.91 Å². The smallest absolute Gasteiger partial charge is 0.253 e. The summed E-state index contributed by atoms with van der Waals surface area (Å²) in [6, 6.07) is 7.80. The zero-order chi connectivity index (χ0) is 15.7. The van der Waals surface area contributed by atoms with Gasteiger partial charge in [-0.05, 0) is 5.56 Å². The van der Waals surface area contributed by atoms with E-state index in [0.29, 0.717) is 5.75 Å². The molecule has 1 fully saturated rings. The van der Waals surface area contributed by atoms with Crippen molar-refractivity contribution in [3.8, 4) is 0 Å². The minimum atomic E-state index is -0.776. The van der Waals surface area contributed by atoms with Gasteiger partial charge in [-0.15, -0.1) is 11.8 Å². The van der Waals surface area contributed by atoms with Gasteiger partial charge < -0.3 is 15.8 Å². The lowest BCUT2D eigenvalue weighted by Gasteiger charge is -2.47. The molecular weight excluding hydrogens is 302 g/mol. The van der Waals surface area contributed by atoms with Crippen LogP contribution >= 0.6 is 11.8 Å². The van der Waals surface area contributed by atoms with E-state index in [0.717, 1.165) is 11.3 Å². The Morgan fingerprint density at radius 3 is 2.86 bits per heavy atom. The molecular formula is C15H17N3O3S. The van der Waals surface area contributed by atoms with Crippen molar-refractivity contribution in [3.05, 3.63) is 47.9 Å².